The summed E-state index contributed by atoms with van der Waals surface area (Å²) >= 11 is 0. The molecule has 0 unspecified atom stereocenters. The Morgan fingerprint density at radius 1 is 1.11 bits per heavy atom. The maximum absolute atomic E-state index is 12.4. The predicted molar refractivity (Wildman–Crippen MR) is 106 cm³/mol. The summed E-state index contributed by atoms with van der Waals surface area (Å²) in [6.45, 7) is 3.22. The second-order valence-corrected chi connectivity index (χ2v) is 6.90. The Hall–Kier alpha value is -3.02. The fourth-order valence-electron chi connectivity index (χ4n) is 3.37. The van der Waals surface area contributed by atoms with Gasteiger partial charge in [-0.15, -0.1) is 0 Å². The van der Waals surface area contributed by atoms with Crippen molar-refractivity contribution in [3.8, 4) is 11.5 Å². The average Bonchev–Trinajstić information content (AvgIpc) is 2.73. The number of benzene rings is 2. The van der Waals surface area contributed by atoms with Crippen LogP contribution in [0.15, 0.2) is 48.5 Å². The first kappa shape index (κ1) is 19.7. The summed E-state index contributed by atoms with van der Waals surface area (Å²) in [6.07, 6.45) is 2.21. The number of aryl methyl sites for hydroxylation is 1. The van der Waals surface area contributed by atoms with Gasteiger partial charge in [-0.3, -0.25) is 9.59 Å². The smallest absolute Gasteiger partial charge is 0.260 e. The van der Waals surface area contributed by atoms with Gasteiger partial charge >= 0.3 is 0 Å². The molecule has 6 heteroatoms. The number of carbonyl (C=O) groups is 2. The molecule has 0 saturated carbocycles. The average molecular weight is 382 g/mol. The Kier molecular flexibility index (Phi) is 6.53. The summed E-state index contributed by atoms with van der Waals surface area (Å²) < 4.78 is 5.72. The highest BCUT2D eigenvalue weighted by Crippen LogP contribution is 2.19. The lowest BCUT2D eigenvalue weighted by Gasteiger charge is -2.32. The molecule has 0 aliphatic carbocycles. The van der Waals surface area contributed by atoms with E-state index in [1.807, 2.05) is 24.3 Å². The zero-order valence-electron chi connectivity index (χ0n) is 16.1. The van der Waals surface area contributed by atoms with Crippen LogP contribution in [0.25, 0.3) is 0 Å². The number of ether oxygens (including phenoxy) is 1. The molecule has 1 aliphatic rings. The summed E-state index contributed by atoms with van der Waals surface area (Å²) in [5.41, 5.74) is 1.35. The number of para-hydroxylation sites is 2. The van der Waals surface area contributed by atoms with Crippen LogP contribution in [0.4, 0.5) is 0 Å². The Labute approximate surface area is 165 Å². The molecule has 1 saturated heterocycles. The minimum absolute atomic E-state index is 0.0158. The monoisotopic (exact) mass is 382 g/mol. The minimum Gasteiger partial charge on any atom is -0.507 e. The number of aromatic hydroxyl groups is 1. The molecule has 1 aliphatic heterocycles. The number of phenols is 1. The van der Waals surface area contributed by atoms with Gasteiger partial charge in [0.1, 0.15) is 11.5 Å². The van der Waals surface area contributed by atoms with Crippen molar-refractivity contribution in [1.29, 1.82) is 0 Å². The van der Waals surface area contributed by atoms with E-state index in [1.165, 1.54) is 6.07 Å². The number of amides is 2. The Morgan fingerprint density at radius 3 is 2.50 bits per heavy atom. The minimum atomic E-state index is -0.289. The van der Waals surface area contributed by atoms with Crippen molar-refractivity contribution >= 4 is 11.8 Å². The van der Waals surface area contributed by atoms with Crippen LogP contribution in [0, 0.1) is 0 Å². The van der Waals surface area contributed by atoms with Gasteiger partial charge in [0, 0.05) is 19.1 Å². The van der Waals surface area contributed by atoms with Crippen LogP contribution in [0.1, 0.15) is 35.7 Å². The van der Waals surface area contributed by atoms with Gasteiger partial charge in [-0.2, -0.15) is 0 Å². The van der Waals surface area contributed by atoms with Gasteiger partial charge in [0.15, 0.2) is 6.61 Å². The van der Waals surface area contributed by atoms with Crippen LogP contribution in [0.3, 0.4) is 0 Å². The standard InChI is InChI=1S/C22H26N2O4/c1-2-16-7-3-6-10-20(16)28-15-21(26)24-13-11-17(12-14-24)23-22(27)18-8-4-5-9-19(18)25/h3-10,17,25H,2,11-15H2,1H3,(H,23,27). The van der Waals surface area contributed by atoms with Crippen molar-refractivity contribution in [3.63, 3.8) is 0 Å². The molecular formula is C22H26N2O4. The fraction of sp³-hybridized carbons (Fsp3) is 0.364. The van der Waals surface area contributed by atoms with Crippen molar-refractivity contribution < 1.29 is 19.4 Å². The lowest BCUT2D eigenvalue weighted by Crippen LogP contribution is -2.47. The van der Waals surface area contributed by atoms with E-state index < -0.39 is 0 Å². The predicted octanol–water partition coefficient (Wildman–Crippen LogP) is 2.75. The van der Waals surface area contributed by atoms with Gasteiger partial charge in [-0.25, -0.2) is 0 Å². The van der Waals surface area contributed by atoms with E-state index in [4.69, 9.17) is 4.74 Å². The number of piperidine rings is 1. The third-order valence-electron chi connectivity index (χ3n) is 5.04. The molecule has 2 aromatic carbocycles. The molecule has 2 N–H and O–H groups in total. The summed E-state index contributed by atoms with van der Waals surface area (Å²) in [5.74, 6) is 0.388. The molecule has 0 aromatic heterocycles. The summed E-state index contributed by atoms with van der Waals surface area (Å²) in [6, 6.07) is 14.2. The number of carbonyl (C=O) groups excluding carboxylic acids is 2. The second-order valence-electron chi connectivity index (χ2n) is 6.90. The number of nitrogens with zero attached hydrogens (tertiary/aromatic N) is 1. The van der Waals surface area contributed by atoms with E-state index in [0.717, 1.165) is 17.7 Å². The number of phenolic OH excluding ortho intramolecular Hbond substituents is 1. The summed E-state index contributed by atoms with van der Waals surface area (Å²) in [4.78, 5) is 26.5. The summed E-state index contributed by atoms with van der Waals surface area (Å²) in [5, 5.41) is 12.7. The highest BCUT2D eigenvalue weighted by atomic mass is 16.5. The quantitative estimate of drug-likeness (QED) is 0.805. The molecule has 28 heavy (non-hydrogen) atoms. The lowest BCUT2D eigenvalue weighted by atomic mass is 10.0. The maximum Gasteiger partial charge on any atom is 0.260 e. The van der Waals surface area contributed by atoms with Gasteiger partial charge in [-0.1, -0.05) is 37.3 Å². The molecule has 2 aromatic rings. The van der Waals surface area contributed by atoms with Crippen molar-refractivity contribution in [2.75, 3.05) is 19.7 Å². The van der Waals surface area contributed by atoms with Crippen LogP contribution < -0.4 is 10.1 Å². The van der Waals surface area contributed by atoms with Crippen molar-refractivity contribution in [2.24, 2.45) is 0 Å². The number of hydrogen-bond donors (Lipinski definition) is 2. The maximum atomic E-state index is 12.4. The number of nitrogens with one attached hydrogen (secondary N) is 1. The van der Waals surface area contributed by atoms with Crippen molar-refractivity contribution in [2.45, 2.75) is 32.2 Å². The van der Waals surface area contributed by atoms with Crippen molar-refractivity contribution in [3.05, 3.63) is 59.7 Å². The van der Waals surface area contributed by atoms with Gasteiger partial charge in [0.05, 0.1) is 5.56 Å². The Balaban J connectivity index is 1.46. The fourth-order valence-corrected chi connectivity index (χ4v) is 3.37. The van der Waals surface area contributed by atoms with Crippen molar-refractivity contribution in [1.82, 2.24) is 10.2 Å². The molecule has 1 heterocycles. The van der Waals surface area contributed by atoms with Crippen LogP contribution in [0.2, 0.25) is 0 Å². The van der Waals surface area contributed by atoms with Gasteiger partial charge in [0.25, 0.3) is 11.8 Å². The molecule has 0 atom stereocenters. The van der Waals surface area contributed by atoms with E-state index in [9.17, 15) is 14.7 Å². The Morgan fingerprint density at radius 2 is 1.79 bits per heavy atom. The molecular weight excluding hydrogens is 356 g/mol. The van der Waals surface area contributed by atoms with E-state index >= 15 is 0 Å². The summed E-state index contributed by atoms with van der Waals surface area (Å²) in [7, 11) is 0. The molecule has 148 valence electrons. The third-order valence-corrected chi connectivity index (χ3v) is 5.04. The zero-order chi connectivity index (χ0) is 19.9. The normalized spacial score (nSPS) is 14.5. The molecule has 1 fully saturated rings. The van der Waals surface area contributed by atoms with Crippen LogP contribution in [-0.2, 0) is 11.2 Å². The zero-order valence-corrected chi connectivity index (χ0v) is 16.1. The third kappa shape index (κ3) is 4.82. The van der Waals surface area contributed by atoms with E-state index in [0.29, 0.717) is 25.9 Å². The largest absolute Gasteiger partial charge is 0.507 e. The second kappa shape index (κ2) is 9.26. The molecule has 2 amide bonds. The molecule has 3 rings (SSSR count). The van der Waals surface area contributed by atoms with Crippen LogP contribution >= 0.6 is 0 Å². The van der Waals surface area contributed by atoms with E-state index in [2.05, 4.69) is 12.2 Å². The SMILES string of the molecule is CCc1ccccc1OCC(=O)N1CCC(NC(=O)c2ccccc2O)CC1. The van der Waals surface area contributed by atoms with E-state index in [-0.39, 0.29) is 35.8 Å². The molecule has 6 nitrogen and oxygen atoms in total. The first-order chi connectivity index (χ1) is 13.6. The molecule has 0 spiro atoms. The van der Waals surface area contributed by atoms with Crippen LogP contribution in [0.5, 0.6) is 11.5 Å². The first-order valence-electron chi connectivity index (χ1n) is 9.65. The highest BCUT2D eigenvalue weighted by Gasteiger charge is 2.25. The number of likely N-dealkylation sites (tertiary alicyclic amines) is 1. The topological polar surface area (TPSA) is 78.9 Å². The Bertz CT molecular complexity index is 829. The van der Waals surface area contributed by atoms with Gasteiger partial charge < -0.3 is 20.1 Å². The van der Waals surface area contributed by atoms with Gasteiger partial charge in [-0.05, 0) is 43.0 Å². The van der Waals surface area contributed by atoms with Gasteiger partial charge in [0.2, 0.25) is 0 Å². The lowest BCUT2D eigenvalue weighted by molar-refractivity contribution is -0.134. The number of rotatable bonds is 6. The van der Waals surface area contributed by atoms with E-state index in [1.54, 1.807) is 23.1 Å². The molecule has 0 bridgehead atoms. The number of hydrogen-bond acceptors (Lipinski definition) is 4. The van der Waals surface area contributed by atoms with Crippen LogP contribution in [-0.4, -0.2) is 47.6 Å². The highest BCUT2D eigenvalue weighted by molar-refractivity contribution is 5.96. The molecule has 0 radical (unpaired) electrons. The first-order valence-corrected chi connectivity index (χ1v) is 9.65.